The Morgan fingerprint density at radius 2 is 1.81 bits per heavy atom. The SMILES string of the molecule is CCCN(CCNC)c1ccccc1S(=O)(=O)C(F)(F)F. The van der Waals surface area contributed by atoms with E-state index in [1.165, 1.54) is 18.2 Å². The van der Waals surface area contributed by atoms with Gasteiger partial charge in [0.2, 0.25) is 0 Å². The zero-order valence-corrected chi connectivity index (χ0v) is 12.8. The summed E-state index contributed by atoms with van der Waals surface area (Å²) in [6, 6.07) is 5.24. The first kappa shape index (κ1) is 17.8. The standard InChI is InChI=1S/C13H19F3N2O2S/c1-3-9-18(10-8-17-2)11-6-4-5-7-12(11)21(19,20)13(14,15)16/h4-7,17H,3,8-10H2,1-2H3. The van der Waals surface area contributed by atoms with Crippen molar-refractivity contribution in [3.8, 4) is 0 Å². The second kappa shape index (κ2) is 7.13. The molecule has 1 N–H and O–H groups in total. The van der Waals surface area contributed by atoms with Gasteiger partial charge in [-0.1, -0.05) is 19.1 Å². The van der Waals surface area contributed by atoms with Gasteiger partial charge in [0.15, 0.2) is 0 Å². The van der Waals surface area contributed by atoms with Crippen LogP contribution in [-0.4, -0.2) is 40.6 Å². The second-order valence-corrected chi connectivity index (χ2v) is 6.42. The molecule has 0 fully saturated rings. The number of para-hydroxylation sites is 1. The van der Waals surface area contributed by atoms with Crippen LogP contribution in [0.4, 0.5) is 18.9 Å². The summed E-state index contributed by atoms with van der Waals surface area (Å²) in [5, 5.41) is 2.90. The van der Waals surface area contributed by atoms with E-state index in [2.05, 4.69) is 5.32 Å². The number of nitrogens with zero attached hydrogens (tertiary/aromatic N) is 1. The number of alkyl halides is 3. The van der Waals surface area contributed by atoms with Crippen LogP contribution in [0.5, 0.6) is 0 Å². The van der Waals surface area contributed by atoms with Gasteiger partial charge in [0.05, 0.1) is 10.6 Å². The maximum Gasteiger partial charge on any atom is 0.501 e. The van der Waals surface area contributed by atoms with Gasteiger partial charge in [0.1, 0.15) is 0 Å². The van der Waals surface area contributed by atoms with Crippen molar-refractivity contribution < 1.29 is 21.6 Å². The fourth-order valence-electron chi connectivity index (χ4n) is 1.94. The van der Waals surface area contributed by atoms with Crippen LogP contribution in [0.3, 0.4) is 0 Å². The van der Waals surface area contributed by atoms with Gasteiger partial charge in [-0.05, 0) is 25.6 Å². The Hall–Kier alpha value is -1.28. The molecule has 0 aliphatic carbocycles. The highest BCUT2D eigenvalue weighted by Crippen LogP contribution is 2.35. The summed E-state index contributed by atoms with van der Waals surface area (Å²) in [6.45, 7) is 3.33. The Morgan fingerprint density at radius 1 is 1.19 bits per heavy atom. The molecule has 0 saturated carbocycles. The van der Waals surface area contributed by atoms with Crippen molar-refractivity contribution in [2.45, 2.75) is 23.7 Å². The van der Waals surface area contributed by atoms with E-state index >= 15 is 0 Å². The first-order valence-corrected chi connectivity index (χ1v) is 8.04. The predicted octanol–water partition coefficient (Wildman–Crippen LogP) is 2.42. The molecule has 0 aliphatic heterocycles. The minimum Gasteiger partial charge on any atom is -0.369 e. The van der Waals surface area contributed by atoms with E-state index < -0.39 is 20.2 Å². The zero-order chi connectivity index (χ0) is 16.1. The molecule has 0 atom stereocenters. The summed E-state index contributed by atoms with van der Waals surface area (Å²) in [6.07, 6.45) is 0.699. The number of halogens is 3. The monoisotopic (exact) mass is 324 g/mol. The molecule has 0 saturated heterocycles. The summed E-state index contributed by atoms with van der Waals surface area (Å²) < 4.78 is 61.7. The van der Waals surface area contributed by atoms with Crippen LogP contribution in [0, 0.1) is 0 Å². The van der Waals surface area contributed by atoms with Crippen molar-refractivity contribution in [1.29, 1.82) is 0 Å². The molecule has 0 radical (unpaired) electrons. The van der Waals surface area contributed by atoms with E-state index in [0.717, 1.165) is 6.07 Å². The normalized spacial score (nSPS) is 12.4. The molecule has 21 heavy (non-hydrogen) atoms. The molecule has 120 valence electrons. The Morgan fingerprint density at radius 3 is 2.33 bits per heavy atom. The maximum atomic E-state index is 12.8. The smallest absolute Gasteiger partial charge is 0.369 e. The number of hydrogen-bond acceptors (Lipinski definition) is 4. The quantitative estimate of drug-likeness (QED) is 0.837. The first-order valence-electron chi connectivity index (χ1n) is 6.55. The number of hydrogen-bond donors (Lipinski definition) is 1. The molecule has 0 aromatic heterocycles. The largest absolute Gasteiger partial charge is 0.501 e. The average Bonchev–Trinajstić information content (AvgIpc) is 2.42. The van der Waals surface area contributed by atoms with Crippen LogP contribution in [0.2, 0.25) is 0 Å². The third-order valence-electron chi connectivity index (χ3n) is 2.93. The summed E-state index contributed by atoms with van der Waals surface area (Å²) >= 11 is 0. The van der Waals surface area contributed by atoms with Crippen molar-refractivity contribution in [1.82, 2.24) is 5.32 Å². The average molecular weight is 324 g/mol. The van der Waals surface area contributed by atoms with E-state index in [1.54, 1.807) is 11.9 Å². The molecule has 4 nitrogen and oxygen atoms in total. The Balaban J connectivity index is 3.31. The van der Waals surface area contributed by atoms with E-state index in [1.807, 2.05) is 6.92 Å². The topological polar surface area (TPSA) is 49.4 Å². The fraction of sp³-hybridized carbons (Fsp3) is 0.538. The lowest BCUT2D eigenvalue weighted by Gasteiger charge is -2.26. The van der Waals surface area contributed by atoms with Gasteiger partial charge >= 0.3 is 5.51 Å². The van der Waals surface area contributed by atoms with Crippen molar-refractivity contribution in [2.75, 3.05) is 31.6 Å². The molecule has 0 heterocycles. The van der Waals surface area contributed by atoms with Gasteiger partial charge in [-0.15, -0.1) is 0 Å². The molecule has 8 heteroatoms. The molecule has 0 bridgehead atoms. The highest BCUT2D eigenvalue weighted by Gasteiger charge is 2.48. The van der Waals surface area contributed by atoms with Crippen LogP contribution in [0.1, 0.15) is 13.3 Å². The zero-order valence-electron chi connectivity index (χ0n) is 11.9. The van der Waals surface area contributed by atoms with Crippen molar-refractivity contribution in [3.05, 3.63) is 24.3 Å². The van der Waals surface area contributed by atoms with Crippen LogP contribution >= 0.6 is 0 Å². The first-order chi connectivity index (χ1) is 9.75. The minimum absolute atomic E-state index is 0.0897. The molecule has 1 rings (SSSR count). The maximum absolute atomic E-state index is 12.8. The van der Waals surface area contributed by atoms with Crippen molar-refractivity contribution in [2.24, 2.45) is 0 Å². The molecule has 0 unspecified atom stereocenters. The third-order valence-corrected chi connectivity index (χ3v) is 4.46. The highest BCUT2D eigenvalue weighted by atomic mass is 32.2. The van der Waals surface area contributed by atoms with Gasteiger partial charge in [0, 0.05) is 19.6 Å². The predicted molar refractivity (Wildman–Crippen MR) is 76.1 cm³/mol. The molecule has 1 aromatic rings. The van der Waals surface area contributed by atoms with Gasteiger partial charge in [-0.25, -0.2) is 8.42 Å². The van der Waals surface area contributed by atoms with E-state index in [0.29, 0.717) is 26.1 Å². The van der Waals surface area contributed by atoms with E-state index in [9.17, 15) is 21.6 Å². The molecule has 0 spiro atoms. The lowest BCUT2D eigenvalue weighted by Crippen LogP contribution is -2.33. The van der Waals surface area contributed by atoms with Crippen molar-refractivity contribution >= 4 is 15.5 Å². The lowest BCUT2D eigenvalue weighted by atomic mass is 10.2. The molecular formula is C13H19F3N2O2S. The van der Waals surface area contributed by atoms with Gasteiger partial charge < -0.3 is 10.2 Å². The number of benzene rings is 1. The molecule has 0 amide bonds. The van der Waals surface area contributed by atoms with E-state index in [4.69, 9.17) is 0 Å². The molecule has 0 aliphatic rings. The minimum atomic E-state index is -5.36. The molecular weight excluding hydrogens is 305 g/mol. The number of anilines is 1. The number of likely N-dealkylation sites (N-methyl/N-ethyl adjacent to an activating group) is 1. The van der Waals surface area contributed by atoms with Gasteiger partial charge in [0.25, 0.3) is 9.84 Å². The number of sulfone groups is 1. The second-order valence-electron chi connectivity index (χ2n) is 4.51. The number of rotatable bonds is 7. The Kier molecular flexibility index (Phi) is 6.03. The van der Waals surface area contributed by atoms with Crippen LogP contribution < -0.4 is 10.2 Å². The lowest BCUT2D eigenvalue weighted by molar-refractivity contribution is -0.0435. The van der Waals surface area contributed by atoms with Gasteiger partial charge in [-0.3, -0.25) is 0 Å². The van der Waals surface area contributed by atoms with E-state index in [-0.39, 0.29) is 5.69 Å². The van der Waals surface area contributed by atoms with Crippen LogP contribution in [0.25, 0.3) is 0 Å². The van der Waals surface area contributed by atoms with Crippen LogP contribution in [-0.2, 0) is 9.84 Å². The Labute approximate surface area is 122 Å². The summed E-state index contributed by atoms with van der Waals surface area (Å²) in [4.78, 5) is 0.955. The third kappa shape index (κ3) is 4.10. The number of nitrogens with one attached hydrogen (secondary N) is 1. The molecule has 1 aromatic carbocycles. The highest BCUT2D eigenvalue weighted by molar-refractivity contribution is 7.92. The van der Waals surface area contributed by atoms with Crippen LogP contribution in [0.15, 0.2) is 29.2 Å². The van der Waals surface area contributed by atoms with Crippen molar-refractivity contribution in [3.63, 3.8) is 0 Å². The van der Waals surface area contributed by atoms with Gasteiger partial charge in [-0.2, -0.15) is 13.2 Å². The summed E-state index contributed by atoms with van der Waals surface area (Å²) in [5.41, 5.74) is -5.21. The summed E-state index contributed by atoms with van der Waals surface area (Å²) in [5.74, 6) is 0. The summed E-state index contributed by atoms with van der Waals surface area (Å²) in [7, 11) is -3.63. The fourth-order valence-corrected chi connectivity index (χ4v) is 2.92. The Bertz CT molecular complexity index is 559.